The highest BCUT2D eigenvalue weighted by Gasteiger charge is 2.70. The van der Waals surface area contributed by atoms with Gasteiger partial charge in [-0.15, -0.1) is 0 Å². The van der Waals surface area contributed by atoms with Gasteiger partial charge in [0.25, 0.3) is 0 Å². The molecule has 4 N–H and O–H groups in total. The Kier molecular flexibility index (Phi) is 4.50. The van der Waals surface area contributed by atoms with Gasteiger partial charge in [-0.2, -0.15) is 0 Å². The number of ether oxygens (including phenoxy) is 2. The van der Waals surface area contributed by atoms with E-state index in [2.05, 4.69) is 10.6 Å². The second-order valence-electron chi connectivity index (χ2n) is 9.64. The minimum absolute atomic E-state index is 0.0159. The van der Waals surface area contributed by atoms with Crippen LogP contribution in [0.2, 0.25) is 0 Å². The third-order valence-corrected chi connectivity index (χ3v) is 7.46. The molecule has 0 saturated carbocycles. The number of likely N-dealkylation sites (tertiary alicyclic amines) is 1. The van der Waals surface area contributed by atoms with Crippen molar-refractivity contribution >= 4 is 29.3 Å². The molecule has 2 aromatic rings. The molecule has 2 saturated heterocycles. The van der Waals surface area contributed by atoms with Crippen LogP contribution in [-0.2, 0) is 31.3 Å². The van der Waals surface area contributed by atoms with E-state index in [0.717, 1.165) is 11.1 Å². The fourth-order valence-corrected chi connectivity index (χ4v) is 6.09. The molecular weight excluding hydrogens is 452 g/mol. The predicted octanol–water partition coefficient (Wildman–Crippen LogP) is 0.828. The lowest BCUT2D eigenvalue weighted by atomic mass is 9.76. The summed E-state index contributed by atoms with van der Waals surface area (Å²) in [6, 6.07) is 8.27. The fourth-order valence-electron chi connectivity index (χ4n) is 6.09. The number of carbonyl (C=O) groups is 4. The third-order valence-electron chi connectivity index (χ3n) is 7.46. The molecule has 6 rings (SSSR count). The van der Waals surface area contributed by atoms with Crippen LogP contribution in [-0.4, -0.2) is 41.4 Å². The quantitative estimate of drug-likeness (QED) is 0.555. The number of nitrogens with one attached hydrogen (secondary N) is 2. The van der Waals surface area contributed by atoms with Gasteiger partial charge in [0.2, 0.25) is 30.4 Å². The van der Waals surface area contributed by atoms with Gasteiger partial charge in [0.05, 0.1) is 18.4 Å². The summed E-state index contributed by atoms with van der Waals surface area (Å²) in [6.45, 7) is 3.92. The first-order chi connectivity index (χ1) is 16.7. The van der Waals surface area contributed by atoms with Gasteiger partial charge in [-0.1, -0.05) is 23.8 Å². The molecule has 4 aliphatic rings. The molecule has 0 bridgehead atoms. The smallest absolute Gasteiger partial charge is 0.250 e. The molecular formula is C25H24N4O6. The van der Waals surface area contributed by atoms with Crippen LogP contribution in [0.25, 0.3) is 0 Å². The van der Waals surface area contributed by atoms with E-state index < -0.39 is 47.0 Å². The molecule has 1 spiro atoms. The molecule has 10 nitrogen and oxygen atoms in total. The lowest BCUT2D eigenvalue weighted by Crippen LogP contribution is -2.53. The number of anilines is 1. The molecule has 0 radical (unpaired) electrons. The molecule has 180 valence electrons. The number of carbonyl (C=O) groups excluding carboxylic acids is 4. The zero-order valence-corrected chi connectivity index (χ0v) is 19.2. The third kappa shape index (κ3) is 2.92. The topological polar surface area (TPSA) is 140 Å². The molecule has 0 unspecified atom stereocenters. The zero-order valence-electron chi connectivity index (χ0n) is 19.2. The largest absolute Gasteiger partial charge is 0.454 e. The van der Waals surface area contributed by atoms with Crippen molar-refractivity contribution < 1.29 is 28.7 Å². The lowest BCUT2D eigenvalue weighted by molar-refractivity contribution is -0.143. The Morgan fingerprint density at radius 1 is 1.11 bits per heavy atom. The Bertz CT molecular complexity index is 1340. The highest BCUT2D eigenvalue weighted by atomic mass is 16.7. The minimum Gasteiger partial charge on any atom is -0.454 e. The number of nitrogens with zero attached hydrogens (tertiary/aromatic N) is 1. The second-order valence-corrected chi connectivity index (χ2v) is 9.64. The second kappa shape index (κ2) is 7.29. The van der Waals surface area contributed by atoms with Gasteiger partial charge in [0.15, 0.2) is 11.5 Å². The predicted molar refractivity (Wildman–Crippen MR) is 122 cm³/mol. The number of nitrogens with two attached hydrogens (primary N) is 1. The Morgan fingerprint density at radius 3 is 2.66 bits per heavy atom. The summed E-state index contributed by atoms with van der Waals surface area (Å²) in [5.74, 6) is -2.68. The molecule has 4 heterocycles. The average Bonchev–Trinajstić information content (AvgIpc) is 3.51. The number of amides is 4. The highest BCUT2D eigenvalue weighted by Crippen LogP contribution is 2.54. The summed E-state index contributed by atoms with van der Waals surface area (Å²) in [7, 11) is 0. The van der Waals surface area contributed by atoms with Gasteiger partial charge in [-0.25, -0.2) is 0 Å². The number of imide groups is 1. The van der Waals surface area contributed by atoms with E-state index in [9.17, 15) is 19.2 Å². The molecule has 2 aromatic carbocycles. The number of rotatable bonds is 4. The maximum atomic E-state index is 13.9. The zero-order chi connectivity index (χ0) is 24.6. The van der Waals surface area contributed by atoms with Crippen LogP contribution in [0.15, 0.2) is 30.3 Å². The summed E-state index contributed by atoms with van der Waals surface area (Å²) < 4.78 is 10.8. The van der Waals surface area contributed by atoms with E-state index in [0.29, 0.717) is 28.3 Å². The van der Waals surface area contributed by atoms with Crippen LogP contribution in [0.1, 0.15) is 28.7 Å². The maximum absolute atomic E-state index is 13.9. The van der Waals surface area contributed by atoms with Crippen molar-refractivity contribution in [2.75, 3.05) is 12.1 Å². The van der Waals surface area contributed by atoms with Crippen LogP contribution >= 0.6 is 0 Å². The maximum Gasteiger partial charge on any atom is 0.250 e. The van der Waals surface area contributed by atoms with Gasteiger partial charge in [-0.3, -0.25) is 29.4 Å². The molecule has 2 fully saturated rings. The van der Waals surface area contributed by atoms with E-state index in [4.69, 9.17) is 15.2 Å². The van der Waals surface area contributed by atoms with Crippen molar-refractivity contribution in [3.63, 3.8) is 0 Å². The van der Waals surface area contributed by atoms with E-state index in [1.165, 1.54) is 4.90 Å². The van der Waals surface area contributed by atoms with Gasteiger partial charge < -0.3 is 20.5 Å². The van der Waals surface area contributed by atoms with Gasteiger partial charge >= 0.3 is 0 Å². The number of benzene rings is 2. The molecule has 10 heteroatoms. The van der Waals surface area contributed by atoms with Crippen molar-refractivity contribution in [2.24, 2.45) is 17.6 Å². The van der Waals surface area contributed by atoms with E-state index >= 15 is 0 Å². The summed E-state index contributed by atoms with van der Waals surface area (Å²) in [5.41, 5.74) is 7.74. The first-order valence-corrected chi connectivity index (χ1v) is 11.4. The Morgan fingerprint density at radius 2 is 1.89 bits per heavy atom. The summed E-state index contributed by atoms with van der Waals surface area (Å²) in [5, 5.41) is 6.13. The Balaban J connectivity index is 1.44. The molecule has 0 aliphatic carbocycles. The number of primary amides is 1. The van der Waals surface area contributed by atoms with Crippen LogP contribution in [0, 0.1) is 25.7 Å². The van der Waals surface area contributed by atoms with Gasteiger partial charge in [0.1, 0.15) is 5.54 Å². The Hall–Kier alpha value is -3.92. The number of fused-ring (bicyclic) bond motifs is 5. The van der Waals surface area contributed by atoms with Crippen molar-refractivity contribution in [1.82, 2.24) is 10.2 Å². The van der Waals surface area contributed by atoms with E-state index in [-0.39, 0.29) is 19.8 Å². The van der Waals surface area contributed by atoms with E-state index in [1.807, 2.05) is 26.0 Å². The molecule has 35 heavy (non-hydrogen) atoms. The normalized spacial score (nSPS) is 28.0. The number of hydrogen-bond acceptors (Lipinski definition) is 7. The van der Waals surface area contributed by atoms with E-state index in [1.54, 1.807) is 18.2 Å². The van der Waals surface area contributed by atoms with Crippen molar-refractivity contribution in [2.45, 2.75) is 38.4 Å². The van der Waals surface area contributed by atoms with Gasteiger partial charge in [0, 0.05) is 23.7 Å². The first-order valence-electron chi connectivity index (χ1n) is 11.4. The number of hydrogen-bond donors (Lipinski definition) is 3. The monoisotopic (exact) mass is 476 g/mol. The summed E-state index contributed by atoms with van der Waals surface area (Å²) >= 11 is 0. The first kappa shape index (κ1) is 21.6. The minimum atomic E-state index is -1.47. The fraction of sp³-hybridized carbons (Fsp3) is 0.360. The van der Waals surface area contributed by atoms with Crippen molar-refractivity contribution in [3.05, 3.63) is 52.6 Å². The average molecular weight is 476 g/mol. The lowest BCUT2D eigenvalue weighted by Gasteiger charge is -2.29. The van der Waals surface area contributed by atoms with Crippen LogP contribution in [0.3, 0.4) is 0 Å². The SMILES string of the molecule is Cc1cc(C)c2c(c1)[C@@]1(N[C@H](CC(N)=O)[C@H]3C(=O)N(Cc4ccc5c(c4)OCO5)C(=O)[C@@H]31)C(=O)N2. The standard InChI is InChI=1S/C25H24N4O6/c1-11-5-12(2)21-14(6-11)25(24(33)27-21)20-19(15(28-25)8-18(26)30)22(31)29(23(20)32)9-13-3-4-16-17(7-13)35-10-34-16/h3-7,15,19-20,28H,8-10H2,1-2H3,(H2,26,30)(H,27,33)/t15-,19-,20-,25+/m1/s1. The van der Waals surface area contributed by atoms with Gasteiger partial charge in [-0.05, 0) is 37.1 Å². The highest BCUT2D eigenvalue weighted by molar-refractivity contribution is 6.15. The molecule has 4 atom stereocenters. The summed E-state index contributed by atoms with van der Waals surface area (Å²) in [4.78, 5) is 54.1. The summed E-state index contributed by atoms with van der Waals surface area (Å²) in [6.07, 6.45) is -0.173. The van der Waals surface area contributed by atoms with Crippen molar-refractivity contribution in [3.8, 4) is 11.5 Å². The van der Waals surface area contributed by atoms with Crippen LogP contribution < -0.4 is 25.8 Å². The van der Waals surface area contributed by atoms with Crippen molar-refractivity contribution in [1.29, 1.82) is 0 Å². The van der Waals surface area contributed by atoms with Crippen LogP contribution in [0.5, 0.6) is 11.5 Å². The van der Waals surface area contributed by atoms with Crippen LogP contribution in [0.4, 0.5) is 5.69 Å². The Labute approximate surface area is 200 Å². The molecule has 0 aromatic heterocycles. The number of aryl methyl sites for hydroxylation is 2. The molecule has 4 amide bonds. The molecule has 4 aliphatic heterocycles.